The van der Waals surface area contributed by atoms with Crippen molar-refractivity contribution in [3.63, 3.8) is 0 Å². The van der Waals surface area contributed by atoms with Crippen molar-refractivity contribution >= 4 is 34.7 Å². The van der Waals surface area contributed by atoms with Crippen molar-refractivity contribution in [2.75, 3.05) is 45.7 Å². The quantitative estimate of drug-likeness (QED) is 0.403. The number of nitrogens with zero attached hydrogens (tertiary/aromatic N) is 1. The monoisotopic (exact) mass is 488 g/mol. The molecule has 9 heteroatoms. The van der Waals surface area contributed by atoms with Crippen molar-refractivity contribution in [3.8, 4) is 0 Å². The molecule has 0 aliphatic carbocycles. The fourth-order valence-electron chi connectivity index (χ4n) is 3.31. The van der Waals surface area contributed by atoms with E-state index in [1.165, 1.54) is 29.6 Å². The van der Waals surface area contributed by atoms with Crippen molar-refractivity contribution in [1.29, 1.82) is 0 Å². The van der Waals surface area contributed by atoms with Gasteiger partial charge in [-0.25, -0.2) is 0 Å². The van der Waals surface area contributed by atoms with E-state index in [1.807, 2.05) is 31.2 Å². The Bertz CT molecular complexity index is 976. The summed E-state index contributed by atoms with van der Waals surface area (Å²) in [5.74, 6) is -0.918. The van der Waals surface area contributed by atoms with Crippen LogP contribution >= 0.6 is 11.3 Å². The molecule has 3 amide bonds. The maximum absolute atomic E-state index is 13.1. The molecular weight excluding hydrogens is 452 g/mol. The van der Waals surface area contributed by atoms with Gasteiger partial charge in [-0.05, 0) is 75.7 Å². The van der Waals surface area contributed by atoms with Crippen LogP contribution in [-0.4, -0.2) is 69.1 Å². The Morgan fingerprint density at radius 1 is 1.15 bits per heavy atom. The molecule has 8 nitrogen and oxygen atoms in total. The van der Waals surface area contributed by atoms with E-state index in [-0.39, 0.29) is 37.3 Å². The highest BCUT2D eigenvalue weighted by atomic mass is 32.1. The molecule has 0 spiro atoms. The van der Waals surface area contributed by atoms with Gasteiger partial charge < -0.3 is 25.6 Å². The molecule has 0 saturated carbocycles. The van der Waals surface area contributed by atoms with Crippen LogP contribution in [-0.2, 0) is 20.7 Å². The summed E-state index contributed by atoms with van der Waals surface area (Å²) >= 11 is 1.37. The summed E-state index contributed by atoms with van der Waals surface area (Å²) in [5.41, 5.74) is 3.01. The summed E-state index contributed by atoms with van der Waals surface area (Å²) in [7, 11) is 3.52. The number of nitrogens with one attached hydrogen (secondary N) is 3. The lowest BCUT2D eigenvalue weighted by Crippen LogP contribution is -2.45. The summed E-state index contributed by atoms with van der Waals surface area (Å²) in [6, 6.07) is 8.63. The predicted octanol–water partition coefficient (Wildman–Crippen LogP) is 2.75. The number of ether oxygens (including phenoxy) is 1. The molecule has 3 N–H and O–H groups in total. The topological polar surface area (TPSA) is 99.8 Å². The summed E-state index contributed by atoms with van der Waals surface area (Å²) in [5, 5.41) is 8.45. The minimum atomic E-state index is -0.811. The van der Waals surface area contributed by atoms with Crippen LogP contribution in [0, 0.1) is 13.8 Å². The van der Waals surface area contributed by atoms with Crippen molar-refractivity contribution in [2.24, 2.45) is 0 Å². The molecule has 1 atom stereocenters. The van der Waals surface area contributed by atoms with E-state index >= 15 is 0 Å². The highest BCUT2D eigenvalue weighted by molar-refractivity contribution is 7.13. The van der Waals surface area contributed by atoms with Crippen molar-refractivity contribution in [1.82, 2.24) is 15.5 Å². The van der Waals surface area contributed by atoms with Gasteiger partial charge in [0.2, 0.25) is 11.8 Å². The molecule has 186 valence electrons. The summed E-state index contributed by atoms with van der Waals surface area (Å²) < 4.78 is 4.81. The van der Waals surface area contributed by atoms with Gasteiger partial charge >= 0.3 is 0 Å². The van der Waals surface area contributed by atoms with Crippen molar-refractivity contribution < 1.29 is 19.1 Å². The lowest BCUT2D eigenvalue weighted by atomic mass is 10.0. The Kier molecular flexibility index (Phi) is 11.2. The molecule has 0 aliphatic rings. The maximum atomic E-state index is 13.1. The second kappa shape index (κ2) is 13.8. The van der Waals surface area contributed by atoms with E-state index in [1.54, 1.807) is 6.07 Å². The Labute approximate surface area is 206 Å². The van der Waals surface area contributed by atoms with Gasteiger partial charge in [-0.2, -0.15) is 0 Å². The number of rotatable bonds is 13. The van der Waals surface area contributed by atoms with E-state index in [0.717, 1.165) is 24.4 Å². The van der Waals surface area contributed by atoms with Gasteiger partial charge in [0.25, 0.3) is 5.91 Å². The Morgan fingerprint density at radius 3 is 2.56 bits per heavy atom. The third-order valence-electron chi connectivity index (χ3n) is 5.54. The van der Waals surface area contributed by atoms with Crippen LogP contribution < -0.4 is 16.0 Å². The molecule has 0 unspecified atom stereocenters. The fourth-order valence-corrected chi connectivity index (χ4v) is 4.08. The number of aryl methyl sites for hydroxylation is 2. The number of amides is 3. The lowest BCUT2D eigenvalue weighted by Gasteiger charge is -2.19. The molecule has 1 aromatic heterocycles. The molecule has 0 bridgehead atoms. The number of hydrogen-bond donors (Lipinski definition) is 3. The summed E-state index contributed by atoms with van der Waals surface area (Å²) in [4.78, 5) is 41.3. The average Bonchev–Trinajstić information content (AvgIpc) is 3.25. The fraction of sp³-hybridized carbons (Fsp3) is 0.480. The van der Waals surface area contributed by atoms with Crippen molar-refractivity contribution in [3.05, 3.63) is 51.2 Å². The molecule has 34 heavy (non-hydrogen) atoms. The predicted molar refractivity (Wildman–Crippen MR) is 136 cm³/mol. The first kappa shape index (κ1) is 27.5. The molecule has 0 fully saturated rings. The minimum absolute atomic E-state index is 0.0585. The van der Waals surface area contributed by atoms with E-state index in [9.17, 15) is 14.4 Å². The molecule has 2 aromatic rings. The van der Waals surface area contributed by atoms with Crippen LogP contribution in [0.25, 0.3) is 0 Å². The van der Waals surface area contributed by atoms with Gasteiger partial charge in [-0.15, -0.1) is 11.3 Å². The van der Waals surface area contributed by atoms with Crippen LogP contribution in [0.4, 0.5) is 5.69 Å². The number of hydrogen-bond acceptors (Lipinski definition) is 6. The van der Waals surface area contributed by atoms with E-state index < -0.39 is 6.04 Å². The first-order valence-electron chi connectivity index (χ1n) is 11.4. The van der Waals surface area contributed by atoms with E-state index in [4.69, 9.17) is 4.74 Å². The Hall–Kier alpha value is -2.75. The minimum Gasteiger partial charge on any atom is -0.375 e. The van der Waals surface area contributed by atoms with Crippen LogP contribution in [0.3, 0.4) is 0 Å². The SMILES string of the molecule is CCN(C)CCc1cc(NC(=O)[C@@H](CCNC(=O)COC)NC(=O)c2ccc(C)s2)ccc1C. The second-order valence-corrected chi connectivity index (χ2v) is 9.57. The standard InChI is InChI=1S/C25H36N4O4S/c1-6-29(4)14-12-19-15-20(9-7-17(19)2)27-24(31)21(11-13-26-23(30)16-33-5)28-25(32)22-10-8-18(3)34-22/h7-10,15,21H,6,11-14,16H2,1-5H3,(H,26,30)(H,27,31)(H,28,32)/t21-/m1/s1. The van der Waals surface area contributed by atoms with E-state index in [0.29, 0.717) is 10.6 Å². The Morgan fingerprint density at radius 2 is 1.91 bits per heavy atom. The Balaban J connectivity index is 2.10. The zero-order chi connectivity index (χ0) is 25.1. The first-order chi connectivity index (χ1) is 16.2. The molecule has 1 heterocycles. The third kappa shape index (κ3) is 8.89. The van der Waals surface area contributed by atoms with Gasteiger partial charge in [0, 0.05) is 30.8 Å². The lowest BCUT2D eigenvalue weighted by molar-refractivity contribution is -0.125. The number of anilines is 1. The second-order valence-electron chi connectivity index (χ2n) is 8.28. The normalized spacial score (nSPS) is 11.8. The highest BCUT2D eigenvalue weighted by Crippen LogP contribution is 2.18. The number of benzene rings is 1. The number of methoxy groups -OCH3 is 1. The molecule has 2 rings (SSSR count). The van der Waals surface area contributed by atoms with Gasteiger partial charge in [0.05, 0.1) is 4.88 Å². The van der Waals surface area contributed by atoms with Crippen LogP contribution in [0.1, 0.15) is 39.0 Å². The molecule has 0 radical (unpaired) electrons. The zero-order valence-electron chi connectivity index (χ0n) is 20.7. The molecule has 0 saturated heterocycles. The van der Waals surface area contributed by atoms with Crippen LogP contribution in [0.2, 0.25) is 0 Å². The average molecular weight is 489 g/mol. The summed E-state index contributed by atoms with van der Waals surface area (Å²) in [6.07, 6.45) is 1.13. The van der Waals surface area contributed by atoms with Gasteiger partial charge in [-0.3, -0.25) is 14.4 Å². The zero-order valence-corrected chi connectivity index (χ0v) is 21.5. The van der Waals surface area contributed by atoms with E-state index in [2.05, 4.69) is 41.7 Å². The number of thiophene rings is 1. The first-order valence-corrected chi connectivity index (χ1v) is 12.3. The summed E-state index contributed by atoms with van der Waals surface area (Å²) in [6.45, 7) is 8.17. The number of carbonyl (C=O) groups excluding carboxylic acids is 3. The number of carbonyl (C=O) groups is 3. The highest BCUT2D eigenvalue weighted by Gasteiger charge is 2.22. The number of likely N-dealkylation sites (N-methyl/N-ethyl adjacent to an activating group) is 1. The van der Waals surface area contributed by atoms with Gasteiger partial charge in [-0.1, -0.05) is 13.0 Å². The van der Waals surface area contributed by atoms with Crippen LogP contribution in [0.15, 0.2) is 30.3 Å². The third-order valence-corrected chi connectivity index (χ3v) is 6.54. The molecule has 1 aromatic carbocycles. The molecular formula is C25H36N4O4S. The van der Waals surface area contributed by atoms with Gasteiger partial charge in [0.15, 0.2) is 0 Å². The largest absolute Gasteiger partial charge is 0.375 e. The smallest absolute Gasteiger partial charge is 0.262 e. The van der Waals surface area contributed by atoms with Crippen LogP contribution in [0.5, 0.6) is 0 Å². The molecule has 0 aliphatic heterocycles. The van der Waals surface area contributed by atoms with Crippen molar-refractivity contribution in [2.45, 2.75) is 39.7 Å². The maximum Gasteiger partial charge on any atom is 0.262 e. The van der Waals surface area contributed by atoms with Gasteiger partial charge in [0.1, 0.15) is 12.6 Å².